The highest BCUT2D eigenvalue weighted by atomic mass is 79.9. The van der Waals surface area contributed by atoms with Gasteiger partial charge in [-0.25, -0.2) is 0 Å². The molecule has 0 saturated carbocycles. The molecule has 1 aromatic carbocycles. The van der Waals surface area contributed by atoms with Crippen molar-refractivity contribution in [3.05, 3.63) is 34.3 Å². The third-order valence-electron chi connectivity index (χ3n) is 2.09. The predicted octanol–water partition coefficient (Wildman–Crippen LogP) is 0.867. The maximum absolute atomic E-state index is 11.4. The van der Waals surface area contributed by atoms with E-state index in [0.29, 0.717) is 6.54 Å². The molecule has 0 spiro atoms. The van der Waals surface area contributed by atoms with Crippen LogP contribution in [0.3, 0.4) is 0 Å². The van der Waals surface area contributed by atoms with Gasteiger partial charge in [0.2, 0.25) is 5.91 Å². The van der Waals surface area contributed by atoms with Gasteiger partial charge in [-0.2, -0.15) is 0 Å². The summed E-state index contributed by atoms with van der Waals surface area (Å²) in [6.45, 7) is 0.325. The molecule has 0 aliphatic heterocycles. The van der Waals surface area contributed by atoms with Crippen LogP contribution in [0.1, 0.15) is 12.0 Å². The molecule has 1 amide bonds. The van der Waals surface area contributed by atoms with E-state index >= 15 is 0 Å². The molecule has 5 nitrogen and oxygen atoms in total. The number of carbonyl (C=O) groups excluding carboxylic acids is 1. The number of aliphatic carboxylic acids is 1. The second-order valence-corrected chi connectivity index (χ2v) is 4.47. The number of carbonyl (C=O) groups is 2. The zero-order valence-electron chi connectivity index (χ0n) is 9.02. The minimum atomic E-state index is -1.09. The van der Waals surface area contributed by atoms with E-state index in [9.17, 15) is 9.59 Å². The fourth-order valence-electron chi connectivity index (χ4n) is 1.25. The number of nitrogens with two attached hydrogens (primary N) is 1. The largest absolute Gasteiger partial charge is 0.481 e. The topological polar surface area (TPSA) is 92.4 Å². The van der Waals surface area contributed by atoms with E-state index in [1.54, 1.807) is 0 Å². The van der Waals surface area contributed by atoms with Crippen molar-refractivity contribution in [1.29, 1.82) is 0 Å². The van der Waals surface area contributed by atoms with Gasteiger partial charge < -0.3 is 16.2 Å². The Morgan fingerprint density at radius 2 is 2.18 bits per heavy atom. The molecular formula is C11H13BrN2O3. The lowest BCUT2D eigenvalue weighted by Crippen LogP contribution is -2.41. The first kappa shape index (κ1) is 13.7. The molecule has 0 aliphatic rings. The molecule has 0 aliphatic carbocycles. The second-order valence-electron chi connectivity index (χ2n) is 3.55. The third-order valence-corrected chi connectivity index (χ3v) is 2.58. The number of benzene rings is 1. The highest BCUT2D eigenvalue weighted by molar-refractivity contribution is 9.10. The van der Waals surface area contributed by atoms with Gasteiger partial charge >= 0.3 is 5.97 Å². The molecule has 4 N–H and O–H groups in total. The lowest BCUT2D eigenvalue weighted by Gasteiger charge is -2.10. The first-order valence-electron chi connectivity index (χ1n) is 4.98. The molecule has 0 radical (unpaired) electrons. The van der Waals surface area contributed by atoms with Crippen LogP contribution in [0.25, 0.3) is 0 Å². The van der Waals surface area contributed by atoms with Gasteiger partial charge in [0.1, 0.15) is 0 Å². The van der Waals surface area contributed by atoms with E-state index in [4.69, 9.17) is 10.8 Å². The highest BCUT2D eigenvalue weighted by Crippen LogP contribution is 2.11. The van der Waals surface area contributed by atoms with Crippen LogP contribution in [0.4, 0.5) is 0 Å². The maximum Gasteiger partial charge on any atom is 0.305 e. The third kappa shape index (κ3) is 4.97. The fourth-order valence-corrected chi connectivity index (χ4v) is 1.69. The quantitative estimate of drug-likeness (QED) is 0.752. The molecule has 92 valence electrons. The van der Waals surface area contributed by atoms with Crippen molar-refractivity contribution in [3.63, 3.8) is 0 Å². The van der Waals surface area contributed by atoms with Crippen LogP contribution in [0.5, 0.6) is 0 Å². The summed E-state index contributed by atoms with van der Waals surface area (Å²) in [6.07, 6.45) is -0.371. The minimum Gasteiger partial charge on any atom is -0.481 e. The summed E-state index contributed by atoms with van der Waals surface area (Å²) in [5.74, 6) is -1.55. The number of rotatable bonds is 5. The van der Waals surface area contributed by atoms with Crippen molar-refractivity contribution in [2.45, 2.75) is 19.0 Å². The molecule has 1 atom stereocenters. The Morgan fingerprint density at radius 3 is 2.76 bits per heavy atom. The van der Waals surface area contributed by atoms with E-state index in [1.165, 1.54) is 0 Å². The molecule has 1 aromatic rings. The molecule has 0 saturated heterocycles. The first-order valence-corrected chi connectivity index (χ1v) is 5.78. The average Bonchev–Trinajstić information content (AvgIpc) is 2.25. The first-order chi connectivity index (χ1) is 7.99. The van der Waals surface area contributed by atoms with Crippen LogP contribution in [0, 0.1) is 0 Å². The van der Waals surface area contributed by atoms with Crippen molar-refractivity contribution >= 4 is 27.8 Å². The van der Waals surface area contributed by atoms with Gasteiger partial charge in [-0.05, 0) is 17.7 Å². The molecular weight excluding hydrogens is 288 g/mol. The van der Waals surface area contributed by atoms with Gasteiger partial charge in [0.25, 0.3) is 0 Å². The Bertz CT molecular complexity index is 423. The molecule has 0 fully saturated rings. The standard InChI is InChI=1S/C11H13BrN2O3/c12-8-3-1-2-7(4-8)6-14-11(17)9(13)5-10(15)16/h1-4,9H,5-6,13H2,(H,14,17)(H,15,16). The molecule has 1 rings (SSSR count). The summed E-state index contributed by atoms with van der Waals surface area (Å²) < 4.78 is 0.916. The Labute approximate surface area is 107 Å². The monoisotopic (exact) mass is 300 g/mol. The number of carboxylic acids is 1. The average molecular weight is 301 g/mol. The van der Waals surface area contributed by atoms with Crippen molar-refractivity contribution in [1.82, 2.24) is 5.32 Å². The van der Waals surface area contributed by atoms with Gasteiger partial charge in [0.05, 0.1) is 12.5 Å². The van der Waals surface area contributed by atoms with Crippen LogP contribution in [0.2, 0.25) is 0 Å². The Morgan fingerprint density at radius 1 is 1.47 bits per heavy atom. The summed E-state index contributed by atoms with van der Waals surface area (Å²) in [7, 11) is 0. The number of amides is 1. The molecule has 17 heavy (non-hydrogen) atoms. The summed E-state index contributed by atoms with van der Waals surface area (Å²) in [4.78, 5) is 21.8. The van der Waals surface area contributed by atoms with Crippen molar-refractivity contribution < 1.29 is 14.7 Å². The molecule has 0 bridgehead atoms. The number of nitrogens with one attached hydrogen (secondary N) is 1. The van der Waals surface area contributed by atoms with Crippen molar-refractivity contribution in [2.75, 3.05) is 0 Å². The summed E-state index contributed by atoms with van der Waals surface area (Å²) in [6, 6.07) is 6.43. The highest BCUT2D eigenvalue weighted by Gasteiger charge is 2.16. The summed E-state index contributed by atoms with van der Waals surface area (Å²) in [5, 5.41) is 11.1. The lowest BCUT2D eigenvalue weighted by atomic mass is 10.2. The van der Waals surface area contributed by atoms with Crippen LogP contribution < -0.4 is 11.1 Å². The minimum absolute atomic E-state index is 0.325. The smallest absolute Gasteiger partial charge is 0.305 e. The van der Waals surface area contributed by atoms with E-state index in [2.05, 4.69) is 21.2 Å². The Hall–Kier alpha value is -1.40. The number of halogens is 1. The normalized spacial score (nSPS) is 11.9. The summed E-state index contributed by atoms with van der Waals surface area (Å²) >= 11 is 3.32. The Balaban J connectivity index is 2.45. The van der Waals surface area contributed by atoms with Gasteiger partial charge in [-0.15, -0.1) is 0 Å². The molecule has 0 heterocycles. The second kappa shape index (κ2) is 6.36. The SMILES string of the molecule is NC(CC(=O)O)C(=O)NCc1cccc(Br)c1. The summed E-state index contributed by atoms with van der Waals surface area (Å²) in [5.41, 5.74) is 6.32. The van der Waals surface area contributed by atoms with Crippen molar-refractivity contribution in [3.8, 4) is 0 Å². The van der Waals surface area contributed by atoms with Gasteiger partial charge in [-0.1, -0.05) is 28.1 Å². The van der Waals surface area contributed by atoms with Gasteiger partial charge in [-0.3, -0.25) is 9.59 Å². The van der Waals surface area contributed by atoms with Crippen LogP contribution in [-0.4, -0.2) is 23.0 Å². The predicted molar refractivity (Wildman–Crippen MR) is 66.2 cm³/mol. The van der Waals surface area contributed by atoms with E-state index in [0.717, 1.165) is 10.0 Å². The van der Waals surface area contributed by atoms with Crippen LogP contribution >= 0.6 is 15.9 Å². The maximum atomic E-state index is 11.4. The number of carboxylic acid groups (broad SMARTS) is 1. The van der Waals surface area contributed by atoms with Crippen LogP contribution in [-0.2, 0) is 16.1 Å². The zero-order chi connectivity index (χ0) is 12.8. The van der Waals surface area contributed by atoms with E-state index in [-0.39, 0.29) is 6.42 Å². The number of hydrogen-bond donors (Lipinski definition) is 3. The zero-order valence-corrected chi connectivity index (χ0v) is 10.6. The van der Waals surface area contributed by atoms with Gasteiger partial charge in [0, 0.05) is 11.0 Å². The van der Waals surface area contributed by atoms with Gasteiger partial charge in [0.15, 0.2) is 0 Å². The fraction of sp³-hybridized carbons (Fsp3) is 0.273. The molecule has 0 aromatic heterocycles. The molecule has 1 unspecified atom stereocenters. The number of hydrogen-bond acceptors (Lipinski definition) is 3. The van der Waals surface area contributed by atoms with E-state index < -0.39 is 17.9 Å². The molecule has 6 heteroatoms. The lowest BCUT2D eigenvalue weighted by molar-refractivity contribution is -0.139. The Kier molecular flexibility index (Phi) is 5.11. The van der Waals surface area contributed by atoms with E-state index in [1.807, 2.05) is 24.3 Å². The van der Waals surface area contributed by atoms with Crippen molar-refractivity contribution in [2.24, 2.45) is 5.73 Å². The van der Waals surface area contributed by atoms with Crippen LogP contribution in [0.15, 0.2) is 28.7 Å².